The van der Waals surface area contributed by atoms with Crippen LogP contribution in [0.25, 0.3) is 0 Å². The molecular weight excluding hydrogens is 144 g/mol. The average molecular weight is 157 g/mol. The molecule has 2 amide bonds. The van der Waals surface area contributed by atoms with Gasteiger partial charge in [0, 0.05) is 20.5 Å². The third-order valence-corrected chi connectivity index (χ3v) is 1.30. The van der Waals surface area contributed by atoms with Crippen LogP contribution in [-0.2, 0) is 9.59 Å². The number of nitrogens with zero attached hydrogens (tertiary/aromatic N) is 1. The smallest absolute Gasteiger partial charge is 0.239 e. The van der Waals surface area contributed by atoms with Gasteiger partial charge in [0.15, 0.2) is 0 Å². The Labute approximate surface area is 66.6 Å². The molecule has 0 aromatic carbocycles. The van der Waals surface area contributed by atoms with E-state index in [9.17, 15) is 9.59 Å². The lowest BCUT2D eigenvalue weighted by atomic mass is 10.4. The van der Waals surface area contributed by atoms with Crippen molar-refractivity contribution in [3.63, 3.8) is 0 Å². The summed E-state index contributed by atoms with van der Waals surface area (Å²) in [7, 11) is 3.10. The highest BCUT2D eigenvalue weighted by Gasteiger charge is 2.08. The number of carbonyl (C=O) groups excluding carboxylic acids is 2. The quantitative estimate of drug-likeness (QED) is 0.595. The molecule has 1 N–H and O–H groups in total. The van der Waals surface area contributed by atoms with Crippen molar-refractivity contribution >= 4 is 11.8 Å². The minimum atomic E-state index is -0.172. The summed E-state index contributed by atoms with van der Waals surface area (Å²) < 4.78 is 0. The lowest BCUT2D eigenvalue weighted by molar-refractivity contribution is -0.133. The van der Waals surface area contributed by atoms with Gasteiger partial charge in [0.1, 0.15) is 0 Å². The van der Waals surface area contributed by atoms with Gasteiger partial charge in [-0.25, -0.2) is 0 Å². The molecule has 0 aliphatic carbocycles. The standard InChI is InChI=1S/C7H13N2O2/c1-4-7(11)9(3)5-6(10)8-2/h1,4-5H2,2-3H3,(H,8,10). The molecule has 0 aliphatic rings. The van der Waals surface area contributed by atoms with Crippen LogP contribution in [0.3, 0.4) is 0 Å². The SMILES string of the molecule is [CH2]CC(=O)N(C)CC(=O)NC. The second kappa shape index (κ2) is 4.71. The molecule has 0 saturated heterocycles. The number of hydrogen-bond acceptors (Lipinski definition) is 2. The Kier molecular flexibility index (Phi) is 4.26. The first-order valence-electron chi connectivity index (χ1n) is 3.35. The second-order valence-corrected chi connectivity index (χ2v) is 2.17. The van der Waals surface area contributed by atoms with Crippen LogP contribution in [0.2, 0.25) is 0 Å². The Hall–Kier alpha value is -1.06. The first kappa shape index (κ1) is 9.94. The summed E-state index contributed by atoms with van der Waals surface area (Å²) in [6.07, 6.45) is 0.188. The lowest BCUT2D eigenvalue weighted by Gasteiger charge is -2.14. The Morgan fingerprint density at radius 3 is 2.45 bits per heavy atom. The van der Waals surface area contributed by atoms with Crippen molar-refractivity contribution in [2.75, 3.05) is 20.6 Å². The average Bonchev–Trinajstić information content (AvgIpc) is 2.02. The molecule has 0 atom stereocenters. The van der Waals surface area contributed by atoms with Gasteiger partial charge in [0.05, 0.1) is 6.54 Å². The molecule has 0 heterocycles. The van der Waals surface area contributed by atoms with Crippen LogP contribution in [0.15, 0.2) is 0 Å². The fraction of sp³-hybridized carbons (Fsp3) is 0.571. The van der Waals surface area contributed by atoms with Crippen molar-refractivity contribution < 1.29 is 9.59 Å². The summed E-state index contributed by atoms with van der Waals surface area (Å²) in [6, 6.07) is 0. The maximum atomic E-state index is 10.8. The second-order valence-electron chi connectivity index (χ2n) is 2.17. The van der Waals surface area contributed by atoms with E-state index in [2.05, 4.69) is 12.2 Å². The van der Waals surface area contributed by atoms with Crippen molar-refractivity contribution in [1.29, 1.82) is 0 Å². The van der Waals surface area contributed by atoms with E-state index in [-0.39, 0.29) is 24.8 Å². The number of amides is 2. The number of carbonyl (C=O) groups is 2. The van der Waals surface area contributed by atoms with E-state index < -0.39 is 0 Å². The molecule has 1 radical (unpaired) electrons. The van der Waals surface area contributed by atoms with Crippen molar-refractivity contribution in [1.82, 2.24) is 10.2 Å². The molecule has 0 aliphatic heterocycles. The molecule has 4 heteroatoms. The molecule has 4 nitrogen and oxygen atoms in total. The van der Waals surface area contributed by atoms with Crippen LogP contribution < -0.4 is 5.32 Å². The van der Waals surface area contributed by atoms with Crippen LogP contribution in [0.1, 0.15) is 6.42 Å². The molecule has 0 aromatic heterocycles. The van der Waals surface area contributed by atoms with Crippen LogP contribution in [0.5, 0.6) is 0 Å². The molecule has 63 valence electrons. The zero-order valence-electron chi connectivity index (χ0n) is 6.89. The Morgan fingerprint density at radius 1 is 1.55 bits per heavy atom. The highest BCUT2D eigenvalue weighted by atomic mass is 16.2. The lowest BCUT2D eigenvalue weighted by Crippen LogP contribution is -2.36. The van der Waals surface area contributed by atoms with Crippen LogP contribution in [0, 0.1) is 6.92 Å². The predicted molar refractivity (Wildman–Crippen MR) is 41.7 cm³/mol. The summed E-state index contributed by atoms with van der Waals surface area (Å²) in [6.45, 7) is 3.52. The van der Waals surface area contributed by atoms with E-state index in [1.54, 1.807) is 7.05 Å². The molecule has 0 spiro atoms. The predicted octanol–water partition coefficient (Wildman–Crippen LogP) is -0.585. The Morgan fingerprint density at radius 2 is 2.09 bits per heavy atom. The van der Waals surface area contributed by atoms with E-state index in [1.165, 1.54) is 11.9 Å². The van der Waals surface area contributed by atoms with Gasteiger partial charge in [-0.15, -0.1) is 0 Å². The van der Waals surface area contributed by atoms with Crippen molar-refractivity contribution in [3.8, 4) is 0 Å². The summed E-state index contributed by atoms with van der Waals surface area (Å²) >= 11 is 0. The molecule has 0 aromatic rings. The molecule has 0 saturated carbocycles. The first-order chi connectivity index (χ1) is 5.11. The minimum absolute atomic E-state index is 0.102. The minimum Gasteiger partial charge on any atom is -0.358 e. The Bertz CT molecular complexity index is 157. The maximum absolute atomic E-state index is 10.8. The summed E-state index contributed by atoms with van der Waals surface area (Å²) in [4.78, 5) is 22.9. The zero-order chi connectivity index (χ0) is 8.85. The van der Waals surface area contributed by atoms with E-state index >= 15 is 0 Å². The van der Waals surface area contributed by atoms with Gasteiger partial charge >= 0.3 is 0 Å². The topological polar surface area (TPSA) is 49.4 Å². The van der Waals surface area contributed by atoms with Gasteiger partial charge in [0.25, 0.3) is 0 Å². The third-order valence-electron chi connectivity index (χ3n) is 1.30. The Balaban J connectivity index is 3.77. The normalized spacial score (nSPS) is 9.00. The van der Waals surface area contributed by atoms with Crippen molar-refractivity contribution in [2.45, 2.75) is 6.42 Å². The summed E-state index contributed by atoms with van der Waals surface area (Å²) in [5, 5.41) is 2.42. The highest BCUT2D eigenvalue weighted by Crippen LogP contribution is 1.87. The van der Waals surface area contributed by atoms with Gasteiger partial charge in [-0.3, -0.25) is 9.59 Å². The van der Waals surface area contributed by atoms with Crippen molar-refractivity contribution in [2.24, 2.45) is 0 Å². The first-order valence-corrected chi connectivity index (χ1v) is 3.35. The number of hydrogen-bond donors (Lipinski definition) is 1. The van der Waals surface area contributed by atoms with Crippen molar-refractivity contribution in [3.05, 3.63) is 6.92 Å². The molecule has 11 heavy (non-hydrogen) atoms. The van der Waals surface area contributed by atoms with Gasteiger partial charge < -0.3 is 10.2 Å². The maximum Gasteiger partial charge on any atom is 0.239 e. The van der Waals surface area contributed by atoms with E-state index in [0.29, 0.717) is 0 Å². The monoisotopic (exact) mass is 157 g/mol. The third kappa shape index (κ3) is 3.60. The molecule has 0 fully saturated rings. The van der Waals surface area contributed by atoms with Crippen LogP contribution in [0.4, 0.5) is 0 Å². The van der Waals surface area contributed by atoms with Crippen LogP contribution in [-0.4, -0.2) is 37.4 Å². The van der Waals surface area contributed by atoms with E-state index in [0.717, 1.165) is 0 Å². The molecule has 0 rings (SSSR count). The number of rotatable bonds is 3. The molecule has 0 bridgehead atoms. The molecular formula is C7H13N2O2. The van der Waals surface area contributed by atoms with Crippen LogP contribution >= 0.6 is 0 Å². The highest BCUT2D eigenvalue weighted by molar-refractivity contribution is 5.84. The van der Waals surface area contributed by atoms with Gasteiger partial charge in [-0.1, -0.05) is 0 Å². The number of likely N-dealkylation sites (N-methyl/N-ethyl adjacent to an activating group) is 2. The van der Waals surface area contributed by atoms with E-state index in [4.69, 9.17) is 0 Å². The van der Waals surface area contributed by atoms with Gasteiger partial charge in [0.2, 0.25) is 11.8 Å². The largest absolute Gasteiger partial charge is 0.358 e. The number of nitrogens with one attached hydrogen (secondary N) is 1. The zero-order valence-corrected chi connectivity index (χ0v) is 6.89. The molecule has 0 unspecified atom stereocenters. The van der Waals surface area contributed by atoms with Gasteiger partial charge in [-0.2, -0.15) is 0 Å². The van der Waals surface area contributed by atoms with Gasteiger partial charge in [-0.05, 0) is 6.92 Å². The van der Waals surface area contributed by atoms with E-state index in [1.807, 2.05) is 0 Å². The fourth-order valence-electron chi connectivity index (χ4n) is 0.574. The fourth-order valence-corrected chi connectivity index (χ4v) is 0.574. The summed E-state index contributed by atoms with van der Waals surface area (Å²) in [5.41, 5.74) is 0. The summed E-state index contributed by atoms with van der Waals surface area (Å²) in [5.74, 6) is -0.303.